The summed E-state index contributed by atoms with van der Waals surface area (Å²) in [7, 11) is -3.86. The van der Waals surface area contributed by atoms with Crippen molar-refractivity contribution in [3.05, 3.63) is 52.5 Å². The molecule has 0 saturated heterocycles. The number of benzene rings is 2. The van der Waals surface area contributed by atoms with Crippen molar-refractivity contribution in [2.75, 3.05) is 11.9 Å². The number of hydrogen-bond acceptors (Lipinski definition) is 5. The molecule has 24 heavy (non-hydrogen) atoms. The van der Waals surface area contributed by atoms with E-state index in [-0.39, 0.29) is 22.9 Å². The van der Waals surface area contributed by atoms with Crippen LogP contribution >= 0.6 is 15.9 Å². The molecule has 1 amide bonds. The van der Waals surface area contributed by atoms with Crippen molar-refractivity contribution in [3.63, 3.8) is 0 Å². The first-order chi connectivity index (χ1) is 11.3. The Hall–Kier alpha value is -2.23. The van der Waals surface area contributed by atoms with Gasteiger partial charge in [0.15, 0.2) is 12.9 Å². The SMILES string of the molecule is NS(=O)(=O)c1cccc(NC(=O)COc2ccc(Br)cc2C=O)c1. The number of halogens is 1. The van der Waals surface area contributed by atoms with Crippen molar-refractivity contribution in [2.24, 2.45) is 5.14 Å². The van der Waals surface area contributed by atoms with Crippen LogP contribution in [0.2, 0.25) is 0 Å². The van der Waals surface area contributed by atoms with Gasteiger partial charge in [-0.1, -0.05) is 22.0 Å². The van der Waals surface area contributed by atoms with Crippen molar-refractivity contribution in [1.29, 1.82) is 0 Å². The molecular weight excluding hydrogens is 400 g/mol. The van der Waals surface area contributed by atoms with Gasteiger partial charge in [0.2, 0.25) is 10.0 Å². The Morgan fingerprint density at radius 3 is 2.67 bits per heavy atom. The molecule has 0 aromatic heterocycles. The molecule has 0 aliphatic heterocycles. The second kappa shape index (κ2) is 7.56. The highest BCUT2D eigenvalue weighted by Crippen LogP contribution is 2.21. The highest BCUT2D eigenvalue weighted by atomic mass is 79.9. The van der Waals surface area contributed by atoms with Crippen LogP contribution in [0, 0.1) is 0 Å². The second-order valence-corrected chi connectivity index (χ2v) is 7.19. The first kappa shape index (κ1) is 18.1. The number of hydrogen-bond donors (Lipinski definition) is 2. The van der Waals surface area contributed by atoms with E-state index in [1.54, 1.807) is 18.2 Å². The Morgan fingerprint density at radius 1 is 1.25 bits per heavy atom. The van der Waals surface area contributed by atoms with Gasteiger partial charge in [-0.05, 0) is 36.4 Å². The first-order valence-electron chi connectivity index (χ1n) is 6.60. The van der Waals surface area contributed by atoms with Gasteiger partial charge in [0.1, 0.15) is 5.75 Å². The van der Waals surface area contributed by atoms with Crippen LogP contribution in [-0.2, 0) is 14.8 Å². The van der Waals surface area contributed by atoms with Gasteiger partial charge < -0.3 is 10.1 Å². The number of carbonyl (C=O) groups is 2. The average Bonchev–Trinajstić information content (AvgIpc) is 2.53. The van der Waals surface area contributed by atoms with Crippen LogP contribution in [0.3, 0.4) is 0 Å². The van der Waals surface area contributed by atoms with E-state index in [0.717, 1.165) is 0 Å². The largest absolute Gasteiger partial charge is 0.483 e. The number of carbonyl (C=O) groups excluding carboxylic acids is 2. The third-order valence-electron chi connectivity index (χ3n) is 2.90. The zero-order valence-corrected chi connectivity index (χ0v) is 14.6. The Morgan fingerprint density at radius 2 is 2.00 bits per heavy atom. The Kier molecular flexibility index (Phi) is 5.71. The lowest BCUT2D eigenvalue weighted by atomic mass is 10.2. The highest BCUT2D eigenvalue weighted by molar-refractivity contribution is 9.10. The number of aldehydes is 1. The van der Waals surface area contributed by atoms with Crippen molar-refractivity contribution < 1.29 is 22.7 Å². The molecule has 0 aliphatic carbocycles. The molecule has 0 aliphatic rings. The lowest BCUT2D eigenvalue weighted by Crippen LogP contribution is -2.21. The number of sulfonamides is 1. The van der Waals surface area contributed by atoms with Gasteiger partial charge in [0, 0.05) is 10.2 Å². The predicted octanol–water partition coefficient (Wildman–Crippen LogP) is 1.93. The van der Waals surface area contributed by atoms with Crippen LogP contribution in [0.15, 0.2) is 51.8 Å². The summed E-state index contributed by atoms with van der Waals surface area (Å²) in [6, 6.07) is 10.3. The van der Waals surface area contributed by atoms with Gasteiger partial charge in [0.05, 0.1) is 10.5 Å². The summed E-state index contributed by atoms with van der Waals surface area (Å²) in [6.07, 6.45) is 0.619. The van der Waals surface area contributed by atoms with E-state index in [1.807, 2.05) is 0 Å². The van der Waals surface area contributed by atoms with E-state index >= 15 is 0 Å². The normalized spacial score (nSPS) is 10.9. The van der Waals surface area contributed by atoms with Crippen LogP contribution in [0.25, 0.3) is 0 Å². The fourth-order valence-corrected chi connectivity index (χ4v) is 2.77. The molecule has 9 heteroatoms. The van der Waals surface area contributed by atoms with Crippen LogP contribution in [-0.4, -0.2) is 27.2 Å². The number of rotatable bonds is 6. The molecule has 3 N–H and O–H groups in total. The number of anilines is 1. The van der Waals surface area contributed by atoms with Crippen molar-refractivity contribution >= 4 is 43.8 Å². The summed E-state index contributed by atoms with van der Waals surface area (Å²) >= 11 is 3.23. The molecule has 0 spiro atoms. The molecule has 0 radical (unpaired) electrons. The van der Waals surface area contributed by atoms with Gasteiger partial charge in [0.25, 0.3) is 5.91 Å². The summed E-state index contributed by atoms with van der Waals surface area (Å²) < 4.78 is 28.6. The van der Waals surface area contributed by atoms with Crippen LogP contribution in [0.1, 0.15) is 10.4 Å². The smallest absolute Gasteiger partial charge is 0.262 e. The number of nitrogens with two attached hydrogens (primary N) is 1. The van der Waals surface area contributed by atoms with E-state index < -0.39 is 15.9 Å². The average molecular weight is 413 g/mol. The minimum absolute atomic E-state index is 0.114. The summed E-state index contributed by atoms with van der Waals surface area (Å²) in [6.45, 7) is -0.345. The standard InChI is InChI=1S/C15H13BrN2O5S/c16-11-4-5-14(10(6-11)8-19)23-9-15(20)18-12-2-1-3-13(7-12)24(17,21)22/h1-8H,9H2,(H,18,20)(H2,17,21,22). The van der Waals surface area contributed by atoms with Crippen molar-refractivity contribution in [3.8, 4) is 5.75 Å². The Bertz CT molecular complexity index is 883. The Labute approximate surface area is 147 Å². The molecule has 2 rings (SSSR count). The Balaban J connectivity index is 2.03. The molecule has 7 nitrogen and oxygen atoms in total. The monoisotopic (exact) mass is 412 g/mol. The molecule has 2 aromatic rings. The number of ether oxygens (including phenoxy) is 1. The number of amides is 1. The van der Waals surface area contributed by atoms with Gasteiger partial charge in [-0.15, -0.1) is 0 Å². The topological polar surface area (TPSA) is 116 Å². The third kappa shape index (κ3) is 4.88. The predicted molar refractivity (Wildman–Crippen MR) is 91.5 cm³/mol. The maximum Gasteiger partial charge on any atom is 0.262 e. The summed E-state index contributed by atoms with van der Waals surface area (Å²) in [5, 5.41) is 7.53. The highest BCUT2D eigenvalue weighted by Gasteiger charge is 2.11. The fraction of sp³-hybridized carbons (Fsp3) is 0.0667. The molecule has 0 heterocycles. The lowest BCUT2D eigenvalue weighted by molar-refractivity contribution is -0.118. The summed E-state index contributed by atoms with van der Waals surface area (Å²) in [4.78, 5) is 22.8. The summed E-state index contributed by atoms with van der Waals surface area (Å²) in [5.41, 5.74) is 0.565. The van der Waals surface area contributed by atoms with Gasteiger partial charge in [-0.25, -0.2) is 13.6 Å². The van der Waals surface area contributed by atoms with Gasteiger partial charge in [-0.3, -0.25) is 9.59 Å². The zero-order valence-electron chi connectivity index (χ0n) is 12.2. The molecule has 0 saturated carbocycles. The maximum absolute atomic E-state index is 11.9. The minimum Gasteiger partial charge on any atom is -0.483 e. The van der Waals surface area contributed by atoms with E-state index in [4.69, 9.17) is 9.88 Å². The van der Waals surface area contributed by atoms with Crippen molar-refractivity contribution in [2.45, 2.75) is 4.90 Å². The summed E-state index contributed by atoms with van der Waals surface area (Å²) in [5.74, 6) is -0.247. The maximum atomic E-state index is 11.9. The quantitative estimate of drug-likeness (QED) is 0.703. The fourth-order valence-electron chi connectivity index (χ4n) is 1.83. The number of primary sulfonamides is 1. The zero-order chi connectivity index (χ0) is 17.7. The molecule has 0 unspecified atom stereocenters. The second-order valence-electron chi connectivity index (χ2n) is 4.71. The van der Waals surface area contributed by atoms with Gasteiger partial charge >= 0.3 is 0 Å². The number of nitrogens with one attached hydrogen (secondary N) is 1. The first-order valence-corrected chi connectivity index (χ1v) is 8.94. The van der Waals surface area contributed by atoms with Gasteiger partial charge in [-0.2, -0.15) is 0 Å². The molecular formula is C15H13BrN2O5S. The molecule has 0 bridgehead atoms. The minimum atomic E-state index is -3.86. The molecule has 126 valence electrons. The molecule has 0 fully saturated rings. The van der Waals surface area contributed by atoms with E-state index in [2.05, 4.69) is 21.2 Å². The van der Waals surface area contributed by atoms with E-state index in [0.29, 0.717) is 16.3 Å². The molecule has 0 atom stereocenters. The van der Waals surface area contributed by atoms with Crippen molar-refractivity contribution in [1.82, 2.24) is 0 Å². The lowest BCUT2D eigenvalue weighted by Gasteiger charge is -2.10. The molecule has 2 aromatic carbocycles. The van der Waals surface area contributed by atoms with Crippen LogP contribution < -0.4 is 15.2 Å². The van der Waals surface area contributed by atoms with E-state index in [9.17, 15) is 18.0 Å². The van der Waals surface area contributed by atoms with Crippen LogP contribution in [0.4, 0.5) is 5.69 Å². The van der Waals surface area contributed by atoms with Crippen LogP contribution in [0.5, 0.6) is 5.75 Å². The third-order valence-corrected chi connectivity index (χ3v) is 4.31. The van der Waals surface area contributed by atoms with E-state index in [1.165, 1.54) is 24.3 Å².